The van der Waals surface area contributed by atoms with E-state index in [2.05, 4.69) is 49.6 Å². The summed E-state index contributed by atoms with van der Waals surface area (Å²) >= 11 is 5.32. The van der Waals surface area contributed by atoms with E-state index in [1.54, 1.807) is 0 Å². The molecule has 2 aromatic rings. The van der Waals surface area contributed by atoms with Gasteiger partial charge in [0.25, 0.3) is 0 Å². The molecule has 0 saturated carbocycles. The third-order valence-corrected chi connectivity index (χ3v) is 2.73. The normalized spacial score (nSPS) is 11.3. The summed E-state index contributed by atoms with van der Waals surface area (Å²) in [5.74, 6) is 0. The summed E-state index contributed by atoms with van der Waals surface area (Å²) in [7, 11) is 0. The van der Waals surface area contributed by atoms with E-state index in [4.69, 9.17) is 12.2 Å². The van der Waals surface area contributed by atoms with Gasteiger partial charge in [-0.25, -0.2) is 0 Å². The van der Waals surface area contributed by atoms with Crippen LogP contribution < -0.4 is 10.6 Å². The van der Waals surface area contributed by atoms with Gasteiger partial charge in [-0.15, -0.1) is 0 Å². The van der Waals surface area contributed by atoms with Crippen molar-refractivity contribution in [3.05, 3.63) is 42.5 Å². The third kappa shape index (κ3) is 3.20. The molecule has 0 fully saturated rings. The number of hydrogen-bond acceptors (Lipinski definition) is 1. The quantitative estimate of drug-likeness (QED) is 0.758. The van der Waals surface area contributed by atoms with Crippen molar-refractivity contribution >= 4 is 33.8 Å². The van der Waals surface area contributed by atoms with Crippen LogP contribution in [0.1, 0.15) is 20.8 Å². The Hall–Kier alpha value is -1.61. The highest BCUT2D eigenvalue weighted by Gasteiger charge is 2.11. The van der Waals surface area contributed by atoms with Gasteiger partial charge in [0.1, 0.15) is 0 Å². The lowest BCUT2D eigenvalue weighted by molar-refractivity contribution is 0.515. The molecule has 94 valence electrons. The second kappa shape index (κ2) is 4.94. The van der Waals surface area contributed by atoms with E-state index in [0.717, 1.165) is 5.69 Å². The minimum Gasteiger partial charge on any atom is -0.358 e. The molecule has 2 N–H and O–H groups in total. The van der Waals surface area contributed by atoms with E-state index >= 15 is 0 Å². The minimum atomic E-state index is -0.0331. The molecule has 0 aliphatic carbocycles. The molecule has 0 aliphatic heterocycles. The van der Waals surface area contributed by atoms with E-state index in [1.165, 1.54) is 10.8 Å². The summed E-state index contributed by atoms with van der Waals surface area (Å²) in [6.45, 7) is 6.26. The van der Waals surface area contributed by atoms with E-state index in [0.29, 0.717) is 5.11 Å². The molecule has 18 heavy (non-hydrogen) atoms. The van der Waals surface area contributed by atoms with Crippen LogP contribution in [-0.4, -0.2) is 10.7 Å². The van der Waals surface area contributed by atoms with Gasteiger partial charge in [0, 0.05) is 16.6 Å². The van der Waals surface area contributed by atoms with Crippen molar-refractivity contribution in [2.45, 2.75) is 26.3 Å². The van der Waals surface area contributed by atoms with Gasteiger partial charge in [-0.1, -0.05) is 36.4 Å². The van der Waals surface area contributed by atoms with Crippen molar-refractivity contribution in [3.8, 4) is 0 Å². The van der Waals surface area contributed by atoms with Crippen LogP contribution in [0.25, 0.3) is 10.8 Å². The maximum Gasteiger partial charge on any atom is 0.171 e. The molecule has 0 saturated heterocycles. The zero-order chi connectivity index (χ0) is 13.2. The average molecular weight is 258 g/mol. The van der Waals surface area contributed by atoms with E-state index in [1.807, 2.05) is 24.3 Å². The smallest absolute Gasteiger partial charge is 0.171 e. The van der Waals surface area contributed by atoms with Crippen LogP contribution in [0.3, 0.4) is 0 Å². The molecular weight excluding hydrogens is 240 g/mol. The predicted molar refractivity (Wildman–Crippen MR) is 83.1 cm³/mol. The number of fused-ring (bicyclic) bond motifs is 1. The lowest BCUT2D eigenvalue weighted by Gasteiger charge is -2.23. The predicted octanol–water partition coefficient (Wildman–Crippen LogP) is 3.92. The highest BCUT2D eigenvalue weighted by Crippen LogP contribution is 2.22. The minimum absolute atomic E-state index is 0.0331. The molecule has 0 aromatic heterocycles. The van der Waals surface area contributed by atoms with Crippen LogP contribution in [0.15, 0.2) is 42.5 Å². The first-order valence-electron chi connectivity index (χ1n) is 6.03. The number of rotatable bonds is 1. The van der Waals surface area contributed by atoms with Crippen molar-refractivity contribution in [1.29, 1.82) is 0 Å². The summed E-state index contributed by atoms with van der Waals surface area (Å²) in [6.07, 6.45) is 0. The fourth-order valence-electron chi connectivity index (χ4n) is 1.83. The molecule has 0 unspecified atom stereocenters. The van der Waals surface area contributed by atoms with Gasteiger partial charge < -0.3 is 10.6 Å². The molecule has 2 aromatic carbocycles. The zero-order valence-electron chi connectivity index (χ0n) is 10.9. The molecule has 0 spiro atoms. The molecule has 0 heterocycles. The number of anilines is 1. The maximum atomic E-state index is 5.32. The van der Waals surface area contributed by atoms with Crippen molar-refractivity contribution in [3.63, 3.8) is 0 Å². The summed E-state index contributed by atoms with van der Waals surface area (Å²) in [4.78, 5) is 0. The Kier molecular flexibility index (Phi) is 3.53. The number of hydrogen-bond donors (Lipinski definition) is 2. The fourth-order valence-corrected chi connectivity index (χ4v) is 2.24. The van der Waals surface area contributed by atoms with Gasteiger partial charge in [-0.05, 0) is 44.4 Å². The van der Waals surface area contributed by atoms with Crippen LogP contribution >= 0.6 is 12.2 Å². The molecule has 0 radical (unpaired) electrons. The zero-order valence-corrected chi connectivity index (χ0v) is 11.8. The van der Waals surface area contributed by atoms with Crippen LogP contribution in [0.4, 0.5) is 5.69 Å². The largest absolute Gasteiger partial charge is 0.358 e. The third-order valence-electron chi connectivity index (χ3n) is 2.53. The molecule has 2 nitrogen and oxygen atoms in total. The highest BCUT2D eigenvalue weighted by molar-refractivity contribution is 7.80. The van der Waals surface area contributed by atoms with Crippen molar-refractivity contribution in [2.75, 3.05) is 5.32 Å². The van der Waals surface area contributed by atoms with E-state index < -0.39 is 0 Å². The molecule has 0 atom stereocenters. The molecule has 0 aliphatic rings. The van der Waals surface area contributed by atoms with Gasteiger partial charge in [-0.2, -0.15) is 0 Å². The lowest BCUT2D eigenvalue weighted by Crippen LogP contribution is -2.42. The van der Waals surface area contributed by atoms with Gasteiger partial charge in [0.05, 0.1) is 0 Å². The SMILES string of the molecule is CC(C)(C)NC(=S)Nc1cccc2ccccc12. The fraction of sp³-hybridized carbons (Fsp3) is 0.267. The molecular formula is C15H18N2S. The molecule has 0 bridgehead atoms. The monoisotopic (exact) mass is 258 g/mol. The van der Waals surface area contributed by atoms with Crippen molar-refractivity contribution in [1.82, 2.24) is 5.32 Å². The number of benzene rings is 2. The maximum absolute atomic E-state index is 5.32. The molecule has 0 amide bonds. The topological polar surface area (TPSA) is 24.1 Å². The van der Waals surface area contributed by atoms with Crippen LogP contribution in [0.5, 0.6) is 0 Å². The second-order valence-corrected chi connectivity index (χ2v) is 5.76. The number of thiocarbonyl (C=S) groups is 1. The Balaban J connectivity index is 2.24. The molecule has 2 rings (SSSR count). The first-order chi connectivity index (χ1) is 8.46. The molecule has 3 heteroatoms. The standard InChI is InChI=1S/C15H18N2S/c1-15(2,3)17-14(18)16-13-10-6-8-11-7-4-5-9-12(11)13/h4-10H,1-3H3,(H2,16,17,18). The van der Waals surface area contributed by atoms with Gasteiger partial charge >= 0.3 is 0 Å². The van der Waals surface area contributed by atoms with Crippen molar-refractivity contribution < 1.29 is 0 Å². The Morgan fingerprint density at radius 1 is 1.00 bits per heavy atom. The number of nitrogens with one attached hydrogen (secondary N) is 2. The Morgan fingerprint density at radius 3 is 2.39 bits per heavy atom. The van der Waals surface area contributed by atoms with E-state index in [-0.39, 0.29) is 5.54 Å². The lowest BCUT2D eigenvalue weighted by atomic mass is 10.1. The first-order valence-corrected chi connectivity index (χ1v) is 6.43. The Morgan fingerprint density at radius 2 is 1.67 bits per heavy atom. The first kappa shape index (κ1) is 12.8. The average Bonchev–Trinajstić information content (AvgIpc) is 2.27. The van der Waals surface area contributed by atoms with Gasteiger partial charge in [0.15, 0.2) is 5.11 Å². The summed E-state index contributed by atoms with van der Waals surface area (Å²) in [5, 5.41) is 9.55. The summed E-state index contributed by atoms with van der Waals surface area (Å²) < 4.78 is 0. The van der Waals surface area contributed by atoms with Crippen LogP contribution in [0, 0.1) is 0 Å². The second-order valence-electron chi connectivity index (χ2n) is 5.36. The summed E-state index contributed by atoms with van der Waals surface area (Å²) in [6, 6.07) is 14.4. The van der Waals surface area contributed by atoms with Crippen molar-refractivity contribution in [2.24, 2.45) is 0 Å². The Labute approximate surface area is 113 Å². The van der Waals surface area contributed by atoms with Gasteiger partial charge in [-0.3, -0.25) is 0 Å². The van der Waals surface area contributed by atoms with E-state index in [9.17, 15) is 0 Å². The van der Waals surface area contributed by atoms with Gasteiger partial charge in [0.2, 0.25) is 0 Å². The summed E-state index contributed by atoms with van der Waals surface area (Å²) in [5.41, 5.74) is 1.00. The van der Waals surface area contributed by atoms with Crippen LogP contribution in [0.2, 0.25) is 0 Å². The van der Waals surface area contributed by atoms with Crippen LogP contribution in [-0.2, 0) is 0 Å². The highest BCUT2D eigenvalue weighted by atomic mass is 32.1. The Bertz CT molecular complexity index is 565.